The quantitative estimate of drug-likeness (QED) is 0.591. The van der Waals surface area contributed by atoms with E-state index in [1.165, 1.54) is 0 Å². The number of hydrogen-bond acceptors (Lipinski definition) is 2. The van der Waals surface area contributed by atoms with E-state index >= 15 is 0 Å². The molecule has 0 spiro atoms. The fraction of sp³-hybridized carbons (Fsp3) is 0.667. The Bertz CT molecular complexity index is 193. The van der Waals surface area contributed by atoms with E-state index in [2.05, 4.69) is 6.58 Å². The summed E-state index contributed by atoms with van der Waals surface area (Å²) in [6, 6.07) is 0.307. The predicted octanol–water partition coefficient (Wildman–Crippen LogP) is 0.545. The molecule has 0 aliphatic heterocycles. The number of primary amides is 1. The Morgan fingerprint density at radius 1 is 1.25 bits per heavy atom. The highest BCUT2D eigenvalue weighted by molar-refractivity contribution is 5.91. The summed E-state index contributed by atoms with van der Waals surface area (Å²) >= 11 is 0. The highest BCUT2D eigenvalue weighted by atomic mass is 16.1. The molecular weight excluding hydrogens is 152 g/mol. The van der Waals surface area contributed by atoms with Gasteiger partial charge in [-0.2, -0.15) is 0 Å². The Labute approximate surface area is 72.8 Å². The summed E-state index contributed by atoms with van der Waals surface area (Å²) in [6.07, 6.45) is 3.89. The van der Waals surface area contributed by atoms with E-state index in [4.69, 9.17) is 11.5 Å². The molecule has 1 fully saturated rings. The van der Waals surface area contributed by atoms with Crippen molar-refractivity contribution in [3.63, 3.8) is 0 Å². The van der Waals surface area contributed by atoms with Crippen LogP contribution in [0.15, 0.2) is 12.2 Å². The van der Waals surface area contributed by atoms with Gasteiger partial charge in [-0.1, -0.05) is 6.58 Å². The molecule has 1 aliphatic carbocycles. The van der Waals surface area contributed by atoms with Crippen molar-refractivity contribution in [3.05, 3.63) is 12.2 Å². The largest absolute Gasteiger partial charge is 0.366 e. The molecule has 68 valence electrons. The first-order chi connectivity index (χ1) is 5.61. The second-order valence-electron chi connectivity index (χ2n) is 3.50. The molecule has 0 unspecified atom stereocenters. The van der Waals surface area contributed by atoms with E-state index in [1.54, 1.807) is 0 Å². The molecule has 1 saturated carbocycles. The van der Waals surface area contributed by atoms with Gasteiger partial charge in [0.2, 0.25) is 5.91 Å². The Hall–Kier alpha value is -0.830. The molecule has 4 N–H and O–H groups in total. The molecule has 0 aromatic heterocycles. The molecule has 1 aliphatic rings. The van der Waals surface area contributed by atoms with E-state index in [-0.39, 0.29) is 11.8 Å². The third kappa shape index (κ3) is 2.08. The summed E-state index contributed by atoms with van der Waals surface area (Å²) in [5.74, 6) is -0.0854. The van der Waals surface area contributed by atoms with Gasteiger partial charge in [-0.25, -0.2) is 0 Å². The second-order valence-corrected chi connectivity index (χ2v) is 3.50. The predicted molar refractivity (Wildman–Crippen MR) is 48.3 cm³/mol. The SMILES string of the molecule is C=C(C(N)=O)C1CCC(N)CC1. The van der Waals surface area contributed by atoms with Gasteiger partial charge in [0.25, 0.3) is 0 Å². The van der Waals surface area contributed by atoms with Crippen LogP contribution in [-0.4, -0.2) is 11.9 Å². The topological polar surface area (TPSA) is 69.1 Å². The lowest BCUT2D eigenvalue weighted by Crippen LogP contribution is -2.29. The Morgan fingerprint density at radius 3 is 2.17 bits per heavy atom. The molecule has 0 heterocycles. The van der Waals surface area contributed by atoms with Gasteiger partial charge in [-0.15, -0.1) is 0 Å². The number of nitrogens with two attached hydrogens (primary N) is 2. The van der Waals surface area contributed by atoms with Crippen LogP contribution in [0.1, 0.15) is 25.7 Å². The van der Waals surface area contributed by atoms with Crippen LogP contribution in [0.2, 0.25) is 0 Å². The van der Waals surface area contributed by atoms with Crippen LogP contribution in [0, 0.1) is 5.92 Å². The molecule has 0 aromatic carbocycles. The van der Waals surface area contributed by atoms with Crippen molar-refractivity contribution in [2.45, 2.75) is 31.7 Å². The van der Waals surface area contributed by atoms with Gasteiger partial charge >= 0.3 is 0 Å². The zero-order chi connectivity index (χ0) is 9.14. The van der Waals surface area contributed by atoms with Crippen LogP contribution in [0.5, 0.6) is 0 Å². The molecule has 0 saturated heterocycles. The average Bonchev–Trinajstić information content (AvgIpc) is 2.04. The van der Waals surface area contributed by atoms with Crippen LogP contribution in [-0.2, 0) is 4.79 Å². The van der Waals surface area contributed by atoms with Crippen molar-refractivity contribution in [1.82, 2.24) is 0 Å². The minimum atomic E-state index is -0.365. The molecule has 0 bridgehead atoms. The maximum absolute atomic E-state index is 10.8. The standard InChI is InChI=1S/C9H16N2O/c1-6(9(11)12)7-2-4-8(10)5-3-7/h7-8H,1-5,10H2,(H2,11,12). The molecule has 3 nitrogen and oxygen atoms in total. The van der Waals surface area contributed by atoms with Gasteiger partial charge in [0.05, 0.1) is 0 Å². The number of hydrogen-bond donors (Lipinski definition) is 2. The number of carbonyl (C=O) groups is 1. The summed E-state index contributed by atoms with van der Waals surface area (Å²) in [5.41, 5.74) is 11.4. The van der Waals surface area contributed by atoms with Crippen molar-refractivity contribution in [2.24, 2.45) is 17.4 Å². The zero-order valence-electron chi connectivity index (χ0n) is 7.25. The maximum Gasteiger partial charge on any atom is 0.244 e. The van der Waals surface area contributed by atoms with Crippen molar-refractivity contribution in [3.8, 4) is 0 Å². The summed E-state index contributed by atoms with van der Waals surface area (Å²) < 4.78 is 0. The molecule has 0 atom stereocenters. The van der Waals surface area contributed by atoms with Gasteiger partial charge in [-0.3, -0.25) is 4.79 Å². The van der Waals surface area contributed by atoms with E-state index in [0.717, 1.165) is 25.7 Å². The van der Waals surface area contributed by atoms with Crippen LogP contribution in [0.3, 0.4) is 0 Å². The van der Waals surface area contributed by atoms with Crippen LogP contribution >= 0.6 is 0 Å². The molecular formula is C9H16N2O. The third-order valence-electron chi connectivity index (χ3n) is 2.58. The van der Waals surface area contributed by atoms with E-state index < -0.39 is 0 Å². The molecule has 0 radical (unpaired) electrons. The van der Waals surface area contributed by atoms with Crippen LogP contribution in [0.25, 0.3) is 0 Å². The Kier molecular flexibility index (Phi) is 2.87. The smallest absolute Gasteiger partial charge is 0.244 e. The molecule has 0 aromatic rings. The monoisotopic (exact) mass is 168 g/mol. The summed E-state index contributed by atoms with van der Waals surface area (Å²) in [4.78, 5) is 10.8. The Balaban J connectivity index is 2.44. The zero-order valence-corrected chi connectivity index (χ0v) is 7.25. The molecule has 12 heavy (non-hydrogen) atoms. The lowest BCUT2D eigenvalue weighted by molar-refractivity contribution is -0.115. The lowest BCUT2D eigenvalue weighted by atomic mass is 9.82. The number of amides is 1. The van der Waals surface area contributed by atoms with Crippen molar-refractivity contribution >= 4 is 5.91 Å². The van der Waals surface area contributed by atoms with Gasteiger partial charge in [-0.05, 0) is 31.6 Å². The highest BCUT2D eigenvalue weighted by Crippen LogP contribution is 2.27. The minimum absolute atomic E-state index is 0.280. The van der Waals surface area contributed by atoms with Gasteiger partial charge < -0.3 is 11.5 Å². The van der Waals surface area contributed by atoms with E-state index in [1.807, 2.05) is 0 Å². The first-order valence-corrected chi connectivity index (χ1v) is 4.35. The molecule has 3 heteroatoms. The first kappa shape index (κ1) is 9.26. The average molecular weight is 168 g/mol. The maximum atomic E-state index is 10.8. The Morgan fingerprint density at radius 2 is 1.75 bits per heavy atom. The highest BCUT2D eigenvalue weighted by Gasteiger charge is 2.22. The third-order valence-corrected chi connectivity index (χ3v) is 2.58. The van der Waals surface area contributed by atoms with Gasteiger partial charge in [0.1, 0.15) is 0 Å². The second kappa shape index (κ2) is 3.72. The van der Waals surface area contributed by atoms with Crippen molar-refractivity contribution in [1.29, 1.82) is 0 Å². The van der Waals surface area contributed by atoms with Crippen molar-refractivity contribution in [2.75, 3.05) is 0 Å². The van der Waals surface area contributed by atoms with Crippen LogP contribution < -0.4 is 11.5 Å². The molecule has 1 amide bonds. The van der Waals surface area contributed by atoms with Gasteiger partial charge in [0, 0.05) is 11.6 Å². The van der Waals surface area contributed by atoms with E-state index in [0.29, 0.717) is 11.6 Å². The summed E-state index contributed by atoms with van der Waals surface area (Å²) in [7, 11) is 0. The summed E-state index contributed by atoms with van der Waals surface area (Å²) in [5, 5.41) is 0. The van der Waals surface area contributed by atoms with E-state index in [9.17, 15) is 4.79 Å². The van der Waals surface area contributed by atoms with Gasteiger partial charge in [0.15, 0.2) is 0 Å². The molecule has 1 rings (SSSR count). The number of rotatable bonds is 2. The fourth-order valence-electron chi connectivity index (χ4n) is 1.67. The minimum Gasteiger partial charge on any atom is -0.366 e. The fourth-order valence-corrected chi connectivity index (χ4v) is 1.67. The first-order valence-electron chi connectivity index (χ1n) is 4.35. The number of carbonyl (C=O) groups excluding carboxylic acids is 1. The lowest BCUT2D eigenvalue weighted by Gasteiger charge is -2.26. The normalized spacial score (nSPS) is 29.8. The van der Waals surface area contributed by atoms with Crippen LogP contribution in [0.4, 0.5) is 0 Å². The van der Waals surface area contributed by atoms with Crippen molar-refractivity contribution < 1.29 is 4.79 Å². The summed E-state index contributed by atoms with van der Waals surface area (Å²) in [6.45, 7) is 3.69.